The molecule has 1 heterocycles. The first kappa shape index (κ1) is 23.2. The molecule has 6 heteroatoms. The Morgan fingerprint density at radius 1 is 1.15 bits per heavy atom. The van der Waals surface area contributed by atoms with Crippen LogP contribution in [-0.2, 0) is 4.74 Å². The van der Waals surface area contributed by atoms with E-state index in [-0.39, 0.29) is 24.0 Å². The minimum Gasteiger partial charge on any atom is -0.379 e. The van der Waals surface area contributed by atoms with Crippen LogP contribution in [0.2, 0.25) is 0 Å². The molecule has 2 rings (SSSR count). The van der Waals surface area contributed by atoms with Crippen molar-refractivity contribution in [2.45, 2.75) is 46.6 Å². The van der Waals surface area contributed by atoms with Crippen molar-refractivity contribution >= 4 is 35.6 Å². The second-order valence-electron chi connectivity index (χ2n) is 7.02. The van der Waals surface area contributed by atoms with Gasteiger partial charge in [0.2, 0.25) is 0 Å². The zero-order valence-electron chi connectivity index (χ0n) is 16.6. The molecule has 1 aromatic rings. The molecule has 5 nitrogen and oxygen atoms in total. The smallest absolute Gasteiger partial charge is 0.193 e. The normalized spacial score (nSPS) is 17.0. The Labute approximate surface area is 175 Å². The van der Waals surface area contributed by atoms with Crippen molar-refractivity contribution in [2.24, 2.45) is 16.6 Å². The van der Waals surface area contributed by atoms with Crippen LogP contribution in [0.3, 0.4) is 0 Å². The molecule has 0 aromatic heterocycles. The predicted molar refractivity (Wildman–Crippen MR) is 122 cm³/mol. The minimum atomic E-state index is 0. The number of hydrogen-bond acceptors (Lipinski definition) is 3. The molecule has 1 fully saturated rings. The van der Waals surface area contributed by atoms with Crippen LogP contribution in [0.25, 0.3) is 0 Å². The van der Waals surface area contributed by atoms with E-state index in [2.05, 4.69) is 61.1 Å². The Morgan fingerprint density at radius 3 is 2.27 bits per heavy atom. The lowest BCUT2D eigenvalue weighted by Crippen LogP contribution is -2.48. The van der Waals surface area contributed by atoms with Gasteiger partial charge in [-0.3, -0.25) is 9.89 Å². The Bertz CT molecular complexity index is 549. The summed E-state index contributed by atoms with van der Waals surface area (Å²) in [4.78, 5) is 7.19. The van der Waals surface area contributed by atoms with Crippen LogP contribution >= 0.6 is 24.0 Å². The lowest BCUT2D eigenvalue weighted by Gasteiger charge is -2.38. The van der Waals surface area contributed by atoms with Gasteiger partial charge in [0.1, 0.15) is 0 Å². The molecular weight excluding hydrogens is 439 g/mol. The van der Waals surface area contributed by atoms with E-state index >= 15 is 0 Å². The van der Waals surface area contributed by atoms with Gasteiger partial charge in [-0.25, -0.2) is 0 Å². The van der Waals surface area contributed by atoms with E-state index in [0.717, 1.165) is 38.5 Å². The lowest BCUT2D eigenvalue weighted by atomic mass is 9.92. The highest BCUT2D eigenvalue weighted by atomic mass is 127. The zero-order valence-corrected chi connectivity index (χ0v) is 19.0. The number of nitrogens with two attached hydrogens (primary N) is 1. The number of anilines is 1. The number of aryl methyl sites for hydroxylation is 2. The van der Waals surface area contributed by atoms with Crippen molar-refractivity contribution in [3.8, 4) is 0 Å². The summed E-state index contributed by atoms with van der Waals surface area (Å²) in [6, 6.07) is 6.77. The van der Waals surface area contributed by atoms with Crippen LogP contribution in [0.4, 0.5) is 5.69 Å². The molecule has 0 aliphatic carbocycles. The maximum absolute atomic E-state index is 6.16. The standard InChI is InChI=1S/C20H34N4O.HI/c1-5-17(6-2)19(24-7-9-25-10-8-24)14-22-20(21)23-18-12-15(3)11-16(4)13-18;/h11-13,17,19H,5-10,14H2,1-4H3,(H3,21,22,23);1H. The molecule has 0 spiro atoms. The van der Waals surface area contributed by atoms with Gasteiger partial charge in [0.25, 0.3) is 0 Å². The van der Waals surface area contributed by atoms with Crippen molar-refractivity contribution < 1.29 is 4.74 Å². The van der Waals surface area contributed by atoms with E-state index in [1.165, 1.54) is 24.0 Å². The first-order chi connectivity index (χ1) is 12.0. The molecule has 1 saturated heterocycles. The van der Waals surface area contributed by atoms with Gasteiger partial charge < -0.3 is 15.8 Å². The maximum Gasteiger partial charge on any atom is 0.193 e. The molecule has 3 N–H and O–H groups in total. The average Bonchev–Trinajstić information content (AvgIpc) is 2.58. The van der Waals surface area contributed by atoms with E-state index in [0.29, 0.717) is 17.9 Å². The number of nitrogens with zero attached hydrogens (tertiary/aromatic N) is 2. The molecule has 1 aromatic carbocycles. The number of guanidine groups is 1. The number of aliphatic imine (C=N–C) groups is 1. The Balaban J connectivity index is 0.00000338. The fraction of sp³-hybridized carbons (Fsp3) is 0.650. The summed E-state index contributed by atoms with van der Waals surface area (Å²) in [5.74, 6) is 1.13. The van der Waals surface area contributed by atoms with Gasteiger partial charge in [-0.05, 0) is 43.0 Å². The molecule has 26 heavy (non-hydrogen) atoms. The molecule has 1 unspecified atom stereocenters. The van der Waals surface area contributed by atoms with Crippen molar-refractivity contribution in [3.05, 3.63) is 29.3 Å². The number of morpholine rings is 1. The highest BCUT2D eigenvalue weighted by molar-refractivity contribution is 14.0. The van der Waals surface area contributed by atoms with Gasteiger partial charge in [0, 0.05) is 24.8 Å². The highest BCUT2D eigenvalue weighted by Gasteiger charge is 2.26. The molecule has 1 aliphatic heterocycles. The molecule has 0 bridgehead atoms. The molecule has 1 atom stereocenters. The molecule has 148 valence electrons. The van der Waals surface area contributed by atoms with Crippen LogP contribution in [0.15, 0.2) is 23.2 Å². The van der Waals surface area contributed by atoms with Gasteiger partial charge in [0.05, 0.1) is 19.8 Å². The number of ether oxygens (including phenoxy) is 1. The van der Waals surface area contributed by atoms with Gasteiger partial charge in [-0.2, -0.15) is 0 Å². The maximum atomic E-state index is 6.16. The lowest BCUT2D eigenvalue weighted by molar-refractivity contribution is 0.00398. The molecule has 0 amide bonds. The minimum absolute atomic E-state index is 0. The first-order valence-electron chi connectivity index (χ1n) is 9.50. The van der Waals surface area contributed by atoms with Crippen molar-refractivity contribution in [3.63, 3.8) is 0 Å². The SMILES string of the molecule is CCC(CC)C(CN=C(N)Nc1cc(C)cc(C)c1)N1CCOCC1.I. The zero-order chi connectivity index (χ0) is 18.2. The Hall–Kier alpha value is -0.860. The number of rotatable bonds is 7. The van der Waals surface area contributed by atoms with Crippen LogP contribution in [-0.4, -0.2) is 49.7 Å². The van der Waals surface area contributed by atoms with Crippen LogP contribution in [0, 0.1) is 19.8 Å². The largest absolute Gasteiger partial charge is 0.379 e. The monoisotopic (exact) mass is 474 g/mol. The summed E-state index contributed by atoms with van der Waals surface area (Å²) in [6.07, 6.45) is 2.33. The van der Waals surface area contributed by atoms with Crippen LogP contribution < -0.4 is 11.1 Å². The molecule has 0 saturated carbocycles. The van der Waals surface area contributed by atoms with Crippen LogP contribution in [0.5, 0.6) is 0 Å². The quantitative estimate of drug-likeness (QED) is 0.359. The number of nitrogens with one attached hydrogen (secondary N) is 1. The summed E-state index contributed by atoms with van der Waals surface area (Å²) in [5.41, 5.74) is 9.61. The second kappa shape index (κ2) is 11.8. The third-order valence-electron chi connectivity index (χ3n) is 5.05. The molecular formula is C20H35IN4O. The second-order valence-corrected chi connectivity index (χ2v) is 7.02. The number of halogens is 1. The number of hydrogen-bond donors (Lipinski definition) is 2. The summed E-state index contributed by atoms with van der Waals surface area (Å²) >= 11 is 0. The number of benzene rings is 1. The fourth-order valence-corrected chi connectivity index (χ4v) is 3.73. The van der Waals surface area contributed by atoms with E-state index in [9.17, 15) is 0 Å². The summed E-state index contributed by atoms with van der Waals surface area (Å²) in [7, 11) is 0. The van der Waals surface area contributed by atoms with Crippen molar-refractivity contribution in [1.29, 1.82) is 0 Å². The molecule has 1 aliphatic rings. The van der Waals surface area contributed by atoms with Gasteiger partial charge >= 0.3 is 0 Å². The Morgan fingerprint density at radius 2 is 1.73 bits per heavy atom. The van der Waals surface area contributed by atoms with Crippen LogP contribution in [0.1, 0.15) is 37.8 Å². The van der Waals surface area contributed by atoms with E-state index < -0.39 is 0 Å². The molecule has 0 radical (unpaired) electrons. The fourth-order valence-electron chi connectivity index (χ4n) is 3.73. The predicted octanol–water partition coefficient (Wildman–Crippen LogP) is 3.79. The highest BCUT2D eigenvalue weighted by Crippen LogP contribution is 2.20. The topological polar surface area (TPSA) is 62.9 Å². The third kappa shape index (κ3) is 7.04. The van der Waals surface area contributed by atoms with E-state index in [1.807, 2.05) is 0 Å². The summed E-state index contributed by atoms with van der Waals surface area (Å²) < 4.78 is 5.51. The van der Waals surface area contributed by atoms with Gasteiger partial charge in [-0.1, -0.05) is 32.8 Å². The third-order valence-corrected chi connectivity index (χ3v) is 5.05. The average molecular weight is 474 g/mol. The Kier molecular flexibility index (Phi) is 10.5. The summed E-state index contributed by atoms with van der Waals surface area (Å²) in [6.45, 7) is 13.1. The van der Waals surface area contributed by atoms with Gasteiger partial charge in [-0.15, -0.1) is 24.0 Å². The van der Waals surface area contributed by atoms with E-state index in [1.54, 1.807) is 0 Å². The first-order valence-corrected chi connectivity index (χ1v) is 9.50. The van der Waals surface area contributed by atoms with Crippen molar-refractivity contribution in [1.82, 2.24) is 4.90 Å². The van der Waals surface area contributed by atoms with Crippen molar-refractivity contribution in [2.75, 3.05) is 38.2 Å². The van der Waals surface area contributed by atoms with Gasteiger partial charge in [0.15, 0.2) is 5.96 Å². The summed E-state index contributed by atoms with van der Waals surface area (Å²) in [5, 5.41) is 3.24. The van der Waals surface area contributed by atoms with E-state index in [4.69, 9.17) is 10.5 Å².